The monoisotopic (exact) mass is 252 g/mol. The van der Waals surface area contributed by atoms with E-state index in [0.717, 1.165) is 5.56 Å². The summed E-state index contributed by atoms with van der Waals surface area (Å²) in [6.45, 7) is 0. The molecule has 2 rings (SSSR count). The zero-order valence-corrected chi connectivity index (χ0v) is 9.02. The number of benzene rings is 1. The minimum absolute atomic E-state index is 0. The molecule has 4 heteroatoms. The van der Waals surface area contributed by atoms with Crippen LogP contribution < -0.4 is 5.56 Å². The minimum Gasteiger partial charge on any atom is -0.307 e. The molecule has 1 aromatic heterocycles. The Morgan fingerprint density at radius 1 is 1.07 bits per heavy atom. The summed E-state index contributed by atoms with van der Waals surface area (Å²) in [6.07, 6.45) is 1.50. The summed E-state index contributed by atoms with van der Waals surface area (Å²) in [5.41, 5.74) is 0.786. The highest BCUT2D eigenvalue weighted by molar-refractivity contribution is 8.93. The number of H-pyrrole nitrogens is 1. The Bertz CT molecular complexity index is 453. The number of hydrogen-bond donors (Lipinski definition) is 1. The Labute approximate surface area is 91.6 Å². The summed E-state index contributed by atoms with van der Waals surface area (Å²) < 4.78 is 0. The van der Waals surface area contributed by atoms with Gasteiger partial charge in [0.2, 0.25) is 0 Å². The summed E-state index contributed by atoms with van der Waals surface area (Å²) in [6, 6.07) is 10.9. The Kier molecular flexibility index (Phi) is 3.59. The number of hydrogen-bond acceptors (Lipinski definition) is 2. The van der Waals surface area contributed by atoms with E-state index in [0.29, 0.717) is 5.82 Å². The van der Waals surface area contributed by atoms with Crippen LogP contribution in [0.1, 0.15) is 0 Å². The molecule has 0 atom stereocenters. The molecular formula is C10H9BrN2O. The Morgan fingerprint density at radius 2 is 1.79 bits per heavy atom. The third-order valence-corrected chi connectivity index (χ3v) is 1.72. The lowest BCUT2D eigenvalue weighted by Gasteiger charge is -1.97. The van der Waals surface area contributed by atoms with Gasteiger partial charge < -0.3 is 4.98 Å². The molecule has 0 bridgehead atoms. The minimum atomic E-state index is -0.131. The van der Waals surface area contributed by atoms with Crippen LogP contribution in [0.4, 0.5) is 0 Å². The van der Waals surface area contributed by atoms with Gasteiger partial charge in [-0.1, -0.05) is 30.3 Å². The van der Waals surface area contributed by atoms with Gasteiger partial charge in [0, 0.05) is 17.8 Å². The quantitative estimate of drug-likeness (QED) is 0.844. The van der Waals surface area contributed by atoms with Crippen molar-refractivity contribution in [2.45, 2.75) is 0 Å². The van der Waals surface area contributed by atoms with E-state index in [1.54, 1.807) is 0 Å². The van der Waals surface area contributed by atoms with Gasteiger partial charge in [0.15, 0.2) is 0 Å². The smallest absolute Gasteiger partial charge is 0.251 e. The van der Waals surface area contributed by atoms with Crippen LogP contribution in [-0.2, 0) is 0 Å². The van der Waals surface area contributed by atoms with Gasteiger partial charge in [0.1, 0.15) is 5.82 Å². The molecule has 0 aliphatic rings. The SMILES string of the molecule is Br.O=c1ccnc(-c2ccccc2)[nH]1. The zero-order valence-electron chi connectivity index (χ0n) is 7.31. The molecule has 2 aromatic rings. The first-order valence-electron chi connectivity index (χ1n) is 3.97. The van der Waals surface area contributed by atoms with Crippen molar-refractivity contribution in [3.63, 3.8) is 0 Å². The fourth-order valence-corrected chi connectivity index (χ4v) is 1.11. The van der Waals surface area contributed by atoms with E-state index >= 15 is 0 Å². The topological polar surface area (TPSA) is 45.8 Å². The van der Waals surface area contributed by atoms with Crippen molar-refractivity contribution in [3.8, 4) is 11.4 Å². The molecule has 0 aliphatic carbocycles. The summed E-state index contributed by atoms with van der Waals surface area (Å²) in [7, 11) is 0. The number of halogens is 1. The molecule has 0 saturated heterocycles. The fourth-order valence-electron chi connectivity index (χ4n) is 1.11. The van der Waals surface area contributed by atoms with Crippen LogP contribution in [0.25, 0.3) is 11.4 Å². The van der Waals surface area contributed by atoms with Crippen LogP contribution in [0.3, 0.4) is 0 Å². The van der Waals surface area contributed by atoms with Gasteiger partial charge in [0.25, 0.3) is 5.56 Å². The molecule has 0 saturated carbocycles. The summed E-state index contributed by atoms with van der Waals surface area (Å²) in [5, 5.41) is 0. The van der Waals surface area contributed by atoms with Crippen LogP contribution in [0.15, 0.2) is 47.4 Å². The van der Waals surface area contributed by atoms with E-state index < -0.39 is 0 Å². The molecule has 1 aromatic carbocycles. The second-order valence-corrected chi connectivity index (χ2v) is 2.65. The van der Waals surface area contributed by atoms with E-state index in [-0.39, 0.29) is 22.5 Å². The lowest BCUT2D eigenvalue weighted by atomic mass is 10.2. The highest BCUT2D eigenvalue weighted by Gasteiger charge is 1.96. The molecule has 14 heavy (non-hydrogen) atoms. The number of nitrogens with zero attached hydrogens (tertiary/aromatic N) is 1. The van der Waals surface area contributed by atoms with Crippen molar-refractivity contribution in [2.75, 3.05) is 0 Å². The van der Waals surface area contributed by atoms with Crippen LogP contribution >= 0.6 is 17.0 Å². The van der Waals surface area contributed by atoms with Crippen molar-refractivity contribution in [1.82, 2.24) is 9.97 Å². The van der Waals surface area contributed by atoms with Crippen LogP contribution in [0, 0.1) is 0 Å². The van der Waals surface area contributed by atoms with Crippen molar-refractivity contribution in [2.24, 2.45) is 0 Å². The second kappa shape index (κ2) is 4.72. The predicted octanol–water partition coefficient (Wildman–Crippen LogP) is 2.01. The normalized spacial score (nSPS) is 9.14. The molecule has 1 N–H and O–H groups in total. The Hall–Kier alpha value is -1.42. The van der Waals surface area contributed by atoms with E-state index in [1.165, 1.54) is 12.3 Å². The first kappa shape index (κ1) is 10.7. The molecule has 0 fully saturated rings. The van der Waals surface area contributed by atoms with Gasteiger partial charge in [-0.2, -0.15) is 0 Å². The van der Waals surface area contributed by atoms with Gasteiger partial charge >= 0.3 is 0 Å². The second-order valence-electron chi connectivity index (χ2n) is 2.65. The van der Waals surface area contributed by atoms with Gasteiger partial charge in [-0.15, -0.1) is 17.0 Å². The molecule has 0 unspecified atom stereocenters. The van der Waals surface area contributed by atoms with Crippen molar-refractivity contribution in [3.05, 3.63) is 52.9 Å². The van der Waals surface area contributed by atoms with Gasteiger partial charge in [-0.25, -0.2) is 4.98 Å². The molecule has 0 aliphatic heterocycles. The van der Waals surface area contributed by atoms with Crippen molar-refractivity contribution in [1.29, 1.82) is 0 Å². The van der Waals surface area contributed by atoms with E-state index in [1.807, 2.05) is 30.3 Å². The number of nitrogens with one attached hydrogen (secondary N) is 1. The third kappa shape index (κ3) is 2.29. The third-order valence-electron chi connectivity index (χ3n) is 1.72. The van der Waals surface area contributed by atoms with Gasteiger partial charge in [0.05, 0.1) is 0 Å². The largest absolute Gasteiger partial charge is 0.307 e. The summed E-state index contributed by atoms with van der Waals surface area (Å²) in [5.74, 6) is 0.605. The fraction of sp³-hybridized carbons (Fsp3) is 0. The highest BCUT2D eigenvalue weighted by atomic mass is 79.9. The van der Waals surface area contributed by atoms with Crippen LogP contribution in [0.5, 0.6) is 0 Å². The van der Waals surface area contributed by atoms with E-state index in [4.69, 9.17) is 0 Å². The first-order valence-corrected chi connectivity index (χ1v) is 3.97. The molecule has 0 amide bonds. The van der Waals surface area contributed by atoms with Crippen molar-refractivity contribution >= 4 is 17.0 Å². The molecule has 3 nitrogen and oxygen atoms in total. The van der Waals surface area contributed by atoms with E-state index in [9.17, 15) is 4.79 Å². The molecule has 1 heterocycles. The Morgan fingerprint density at radius 3 is 2.43 bits per heavy atom. The van der Waals surface area contributed by atoms with Crippen LogP contribution in [-0.4, -0.2) is 9.97 Å². The first-order chi connectivity index (χ1) is 6.36. The number of aromatic nitrogens is 2. The maximum absolute atomic E-state index is 11.0. The highest BCUT2D eigenvalue weighted by Crippen LogP contribution is 2.10. The standard InChI is InChI=1S/C10H8N2O.BrH/c13-9-6-7-11-10(12-9)8-4-2-1-3-5-8;/h1-7H,(H,11,12,13);1H. The number of rotatable bonds is 1. The lowest BCUT2D eigenvalue weighted by Crippen LogP contribution is -2.05. The van der Waals surface area contributed by atoms with Crippen LogP contribution in [0.2, 0.25) is 0 Å². The molecule has 0 spiro atoms. The summed E-state index contributed by atoms with van der Waals surface area (Å²) >= 11 is 0. The van der Waals surface area contributed by atoms with Gasteiger partial charge in [-0.3, -0.25) is 4.79 Å². The summed E-state index contributed by atoms with van der Waals surface area (Å²) in [4.78, 5) is 17.7. The maximum Gasteiger partial charge on any atom is 0.251 e. The van der Waals surface area contributed by atoms with Crippen molar-refractivity contribution < 1.29 is 0 Å². The zero-order chi connectivity index (χ0) is 9.10. The molecular weight excluding hydrogens is 244 g/mol. The lowest BCUT2D eigenvalue weighted by molar-refractivity contribution is 1.13. The Balaban J connectivity index is 0.000000980. The number of aromatic amines is 1. The van der Waals surface area contributed by atoms with E-state index in [2.05, 4.69) is 9.97 Å². The average Bonchev–Trinajstić information content (AvgIpc) is 2.19. The average molecular weight is 253 g/mol. The predicted molar refractivity (Wildman–Crippen MR) is 60.6 cm³/mol. The van der Waals surface area contributed by atoms with Gasteiger partial charge in [-0.05, 0) is 0 Å². The maximum atomic E-state index is 11.0. The molecule has 0 radical (unpaired) electrons. The molecule has 72 valence electrons.